The predicted octanol–water partition coefficient (Wildman–Crippen LogP) is 0.720. The van der Waals surface area contributed by atoms with Gasteiger partial charge in [0.15, 0.2) is 0 Å². The number of aryl methyl sites for hydroxylation is 2. The number of carbonyl (C=O) groups excluding carboxylic acids is 1. The van der Waals surface area contributed by atoms with Crippen LogP contribution in [0, 0.1) is 18.8 Å². The van der Waals surface area contributed by atoms with E-state index in [9.17, 15) is 4.79 Å². The highest BCUT2D eigenvalue weighted by molar-refractivity contribution is 6.02. The van der Waals surface area contributed by atoms with Gasteiger partial charge in [0.1, 0.15) is 18.1 Å². The van der Waals surface area contributed by atoms with Crippen LogP contribution >= 0.6 is 0 Å². The Morgan fingerprint density at radius 3 is 2.95 bits per heavy atom. The van der Waals surface area contributed by atoms with Gasteiger partial charge in [-0.1, -0.05) is 11.8 Å². The fourth-order valence-corrected chi connectivity index (χ4v) is 1.72. The van der Waals surface area contributed by atoms with E-state index in [0.29, 0.717) is 17.1 Å². The number of amides is 1. The SMILES string of the molecule is Cc1cc(C(=O)Nc2cc(C#CCO)ccn2)n(C)n1. The summed E-state index contributed by atoms with van der Waals surface area (Å²) in [6.07, 6.45) is 1.55. The van der Waals surface area contributed by atoms with Crippen LogP contribution in [0.5, 0.6) is 0 Å². The quantitative estimate of drug-likeness (QED) is 0.788. The van der Waals surface area contributed by atoms with Crippen LogP contribution in [0.3, 0.4) is 0 Å². The lowest BCUT2D eigenvalue weighted by Gasteiger charge is -2.04. The summed E-state index contributed by atoms with van der Waals surface area (Å²) in [6, 6.07) is 5.04. The lowest BCUT2D eigenvalue weighted by atomic mass is 10.2. The summed E-state index contributed by atoms with van der Waals surface area (Å²) in [5.41, 5.74) is 1.90. The fraction of sp³-hybridized carbons (Fsp3) is 0.214. The molecule has 102 valence electrons. The van der Waals surface area contributed by atoms with Crippen LogP contribution in [0.4, 0.5) is 5.82 Å². The first-order chi connectivity index (χ1) is 9.60. The van der Waals surface area contributed by atoms with E-state index >= 15 is 0 Å². The Bertz CT molecular complexity index is 695. The van der Waals surface area contributed by atoms with E-state index in [1.54, 1.807) is 31.4 Å². The number of aliphatic hydroxyl groups excluding tert-OH is 1. The van der Waals surface area contributed by atoms with Crippen LogP contribution in [0.2, 0.25) is 0 Å². The highest BCUT2D eigenvalue weighted by atomic mass is 16.2. The fourth-order valence-electron chi connectivity index (χ4n) is 1.72. The highest BCUT2D eigenvalue weighted by Crippen LogP contribution is 2.09. The molecule has 0 aromatic carbocycles. The molecule has 20 heavy (non-hydrogen) atoms. The number of rotatable bonds is 2. The van der Waals surface area contributed by atoms with E-state index < -0.39 is 0 Å². The van der Waals surface area contributed by atoms with Crippen LogP contribution in [0.1, 0.15) is 21.7 Å². The minimum Gasteiger partial charge on any atom is -0.384 e. The third-order valence-corrected chi connectivity index (χ3v) is 2.55. The summed E-state index contributed by atoms with van der Waals surface area (Å²) < 4.78 is 1.51. The Hall–Kier alpha value is -2.65. The number of hydrogen-bond acceptors (Lipinski definition) is 4. The maximum Gasteiger partial charge on any atom is 0.275 e. The standard InChI is InChI=1S/C14H14N4O2/c1-10-8-12(18(2)17-10)14(20)16-13-9-11(4-3-7-19)5-6-15-13/h5-6,8-9,19H,7H2,1-2H3,(H,15,16,20). The second-order valence-corrected chi connectivity index (χ2v) is 4.14. The van der Waals surface area contributed by atoms with Crippen molar-refractivity contribution >= 4 is 11.7 Å². The summed E-state index contributed by atoms with van der Waals surface area (Å²) in [5.74, 6) is 5.41. The van der Waals surface area contributed by atoms with Crippen LogP contribution in [0.15, 0.2) is 24.4 Å². The highest BCUT2D eigenvalue weighted by Gasteiger charge is 2.12. The third-order valence-electron chi connectivity index (χ3n) is 2.55. The van der Waals surface area contributed by atoms with Gasteiger partial charge in [-0.15, -0.1) is 0 Å². The van der Waals surface area contributed by atoms with E-state index in [4.69, 9.17) is 5.11 Å². The molecule has 0 unspecified atom stereocenters. The molecular formula is C14H14N4O2. The topological polar surface area (TPSA) is 80.0 Å². The molecule has 0 aliphatic carbocycles. The molecule has 0 radical (unpaired) electrons. The average molecular weight is 270 g/mol. The molecule has 2 rings (SSSR count). The molecule has 0 atom stereocenters. The molecule has 0 spiro atoms. The number of aromatic nitrogens is 3. The zero-order valence-corrected chi connectivity index (χ0v) is 11.2. The van der Waals surface area contributed by atoms with E-state index in [0.717, 1.165) is 5.69 Å². The number of aliphatic hydroxyl groups is 1. The van der Waals surface area contributed by atoms with Crippen molar-refractivity contribution in [2.75, 3.05) is 11.9 Å². The lowest BCUT2D eigenvalue weighted by Crippen LogP contribution is -2.16. The molecule has 2 N–H and O–H groups in total. The first kappa shape index (κ1) is 13.8. The van der Waals surface area contributed by atoms with Gasteiger partial charge >= 0.3 is 0 Å². The second kappa shape index (κ2) is 5.99. The Labute approximate surface area is 116 Å². The maximum absolute atomic E-state index is 12.1. The Morgan fingerprint density at radius 1 is 1.50 bits per heavy atom. The van der Waals surface area contributed by atoms with Crippen molar-refractivity contribution in [2.45, 2.75) is 6.92 Å². The van der Waals surface area contributed by atoms with Gasteiger partial charge in [-0.05, 0) is 25.1 Å². The maximum atomic E-state index is 12.1. The van der Waals surface area contributed by atoms with E-state index in [1.165, 1.54) is 4.68 Å². The Morgan fingerprint density at radius 2 is 2.30 bits per heavy atom. The van der Waals surface area contributed by atoms with Crippen LogP contribution < -0.4 is 5.32 Å². The zero-order valence-electron chi connectivity index (χ0n) is 11.2. The molecule has 2 heterocycles. The van der Waals surface area contributed by atoms with Crippen molar-refractivity contribution in [1.29, 1.82) is 0 Å². The monoisotopic (exact) mass is 270 g/mol. The number of hydrogen-bond donors (Lipinski definition) is 2. The Kier molecular flexibility index (Phi) is 4.13. The van der Waals surface area contributed by atoms with E-state index in [2.05, 4.69) is 27.2 Å². The van der Waals surface area contributed by atoms with Crippen LogP contribution in [-0.2, 0) is 7.05 Å². The summed E-state index contributed by atoms with van der Waals surface area (Å²) in [5, 5.41) is 15.5. The first-order valence-corrected chi connectivity index (χ1v) is 5.98. The zero-order chi connectivity index (χ0) is 14.5. The largest absolute Gasteiger partial charge is 0.384 e. The first-order valence-electron chi connectivity index (χ1n) is 5.98. The molecule has 0 fully saturated rings. The summed E-state index contributed by atoms with van der Waals surface area (Å²) in [7, 11) is 1.71. The molecule has 6 nitrogen and oxygen atoms in total. The normalized spacial score (nSPS) is 9.75. The molecule has 1 amide bonds. The van der Waals surface area contributed by atoms with Crippen molar-refractivity contribution in [3.05, 3.63) is 41.3 Å². The van der Waals surface area contributed by atoms with Crippen molar-refractivity contribution < 1.29 is 9.90 Å². The van der Waals surface area contributed by atoms with Gasteiger partial charge in [-0.3, -0.25) is 9.48 Å². The summed E-state index contributed by atoms with van der Waals surface area (Å²) >= 11 is 0. The van der Waals surface area contributed by atoms with Gasteiger partial charge in [0.2, 0.25) is 0 Å². The van der Waals surface area contributed by atoms with Crippen LogP contribution in [-0.4, -0.2) is 32.4 Å². The second-order valence-electron chi connectivity index (χ2n) is 4.14. The van der Waals surface area contributed by atoms with Crippen molar-refractivity contribution in [3.8, 4) is 11.8 Å². The van der Waals surface area contributed by atoms with E-state index in [1.807, 2.05) is 6.92 Å². The predicted molar refractivity (Wildman–Crippen MR) is 74.1 cm³/mol. The van der Waals surface area contributed by atoms with Crippen molar-refractivity contribution in [2.24, 2.45) is 7.05 Å². The molecule has 0 saturated heterocycles. The number of carbonyl (C=O) groups is 1. The third kappa shape index (κ3) is 3.22. The Balaban J connectivity index is 2.17. The van der Waals surface area contributed by atoms with Gasteiger partial charge in [0.25, 0.3) is 5.91 Å². The molecule has 0 aliphatic heterocycles. The van der Waals surface area contributed by atoms with Crippen molar-refractivity contribution in [3.63, 3.8) is 0 Å². The van der Waals surface area contributed by atoms with Gasteiger partial charge in [-0.2, -0.15) is 5.10 Å². The molecule has 0 saturated carbocycles. The molecule has 0 bridgehead atoms. The summed E-state index contributed by atoms with van der Waals surface area (Å²) in [6.45, 7) is 1.61. The average Bonchev–Trinajstić information content (AvgIpc) is 2.76. The molecule has 6 heteroatoms. The number of nitrogens with zero attached hydrogens (tertiary/aromatic N) is 3. The van der Waals surface area contributed by atoms with Gasteiger partial charge < -0.3 is 10.4 Å². The minimum atomic E-state index is -0.284. The van der Waals surface area contributed by atoms with Gasteiger partial charge in [0, 0.05) is 18.8 Å². The molecule has 2 aromatic rings. The molecular weight excluding hydrogens is 256 g/mol. The number of nitrogens with one attached hydrogen (secondary N) is 1. The number of anilines is 1. The van der Waals surface area contributed by atoms with Crippen molar-refractivity contribution in [1.82, 2.24) is 14.8 Å². The lowest BCUT2D eigenvalue weighted by molar-refractivity contribution is 0.101. The van der Waals surface area contributed by atoms with E-state index in [-0.39, 0.29) is 12.5 Å². The minimum absolute atomic E-state index is 0.210. The molecule has 0 aliphatic rings. The molecule has 2 aromatic heterocycles. The smallest absolute Gasteiger partial charge is 0.275 e. The number of pyridine rings is 1. The summed E-state index contributed by atoms with van der Waals surface area (Å²) in [4.78, 5) is 16.1. The van der Waals surface area contributed by atoms with Gasteiger partial charge in [-0.25, -0.2) is 4.98 Å². The van der Waals surface area contributed by atoms with Crippen LogP contribution in [0.25, 0.3) is 0 Å². The van der Waals surface area contributed by atoms with Gasteiger partial charge in [0.05, 0.1) is 5.69 Å².